The highest BCUT2D eigenvalue weighted by atomic mass is 16.5. The van der Waals surface area contributed by atoms with Crippen LogP contribution in [0.1, 0.15) is 33.1 Å². The van der Waals surface area contributed by atoms with Gasteiger partial charge in [0.1, 0.15) is 6.10 Å². The fourth-order valence-electron chi connectivity index (χ4n) is 1.79. The molecule has 1 saturated heterocycles. The Balaban J connectivity index is 2.07. The van der Waals surface area contributed by atoms with Crippen LogP contribution in [0, 0.1) is 5.92 Å². The first-order chi connectivity index (χ1) is 9.00. The summed E-state index contributed by atoms with van der Waals surface area (Å²) in [6, 6.07) is 0. The van der Waals surface area contributed by atoms with Gasteiger partial charge in [-0.3, -0.25) is 4.79 Å². The largest absolute Gasteiger partial charge is 0.479 e. The van der Waals surface area contributed by atoms with Gasteiger partial charge >= 0.3 is 5.97 Å². The molecule has 0 aromatic rings. The molecule has 0 aromatic heterocycles. The zero-order valence-corrected chi connectivity index (χ0v) is 11.6. The molecule has 1 aliphatic heterocycles. The summed E-state index contributed by atoms with van der Waals surface area (Å²) in [5.74, 6) is -0.655. The van der Waals surface area contributed by atoms with Crippen molar-refractivity contribution in [1.82, 2.24) is 5.32 Å². The molecular weight excluding hydrogens is 250 g/mol. The molecule has 1 heterocycles. The third-order valence-electron chi connectivity index (χ3n) is 2.97. The molecule has 0 unspecified atom stereocenters. The van der Waals surface area contributed by atoms with Crippen LogP contribution in [0.4, 0.5) is 0 Å². The quantitative estimate of drug-likeness (QED) is 0.639. The van der Waals surface area contributed by atoms with Crippen molar-refractivity contribution in [2.45, 2.75) is 45.3 Å². The molecule has 110 valence electrons. The molecule has 0 saturated carbocycles. The van der Waals surface area contributed by atoms with E-state index >= 15 is 0 Å². The zero-order chi connectivity index (χ0) is 14.3. The minimum absolute atomic E-state index is 0.254. The molecule has 6 heteroatoms. The lowest BCUT2D eigenvalue weighted by Gasteiger charge is -2.12. The molecule has 2 N–H and O–H groups in total. The van der Waals surface area contributed by atoms with Crippen molar-refractivity contribution in [2.75, 3.05) is 19.8 Å². The van der Waals surface area contributed by atoms with Crippen molar-refractivity contribution in [3.63, 3.8) is 0 Å². The second kappa shape index (κ2) is 8.12. The Morgan fingerprint density at radius 3 is 2.58 bits per heavy atom. The molecule has 1 rings (SSSR count). The predicted octanol–water partition coefficient (Wildman–Crippen LogP) is 0.797. The third kappa shape index (κ3) is 6.02. The monoisotopic (exact) mass is 273 g/mol. The van der Waals surface area contributed by atoms with Gasteiger partial charge in [0.2, 0.25) is 5.91 Å². The average molecular weight is 273 g/mol. The number of ether oxygens (including phenoxy) is 2. The normalized spacial score (nSPS) is 22.7. The Morgan fingerprint density at radius 2 is 2.00 bits per heavy atom. The van der Waals surface area contributed by atoms with Crippen LogP contribution in [0.15, 0.2) is 0 Å². The van der Waals surface area contributed by atoms with E-state index in [1.807, 2.05) is 0 Å². The number of rotatable bonds is 8. The number of carbonyl (C=O) groups is 2. The number of hydrogen-bond donors (Lipinski definition) is 2. The average Bonchev–Trinajstić information content (AvgIpc) is 2.82. The first kappa shape index (κ1) is 15.9. The molecule has 2 atom stereocenters. The van der Waals surface area contributed by atoms with E-state index in [-0.39, 0.29) is 5.91 Å². The number of amides is 1. The van der Waals surface area contributed by atoms with Crippen LogP contribution in [0.2, 0.25) is 0 Å². The highest BCUT2D eigenvalue weighted by Crippen LogP contribution is 2.19. The van der Waals surface area contributed by atoms with E-state index < -0.39 is 18.2 Å². The summed E-state index contributed by atoms with van der Waals surface area (Å²) in [4.78, 5) is 22.4. The minimum atomic E-state index is -1.01. The number of carbonyl (C=O) groups excluding carboxylic acids is 1. The molecule has 1 aliphatic rings. The second-order valence-electron chi connectivity index (χ2n) is 5.11. The van der Waals surface area contributed by atoms with E-state index in [2.05, 4.69) is 19.2 Å². The molecule has 1 amide bonds. The van der Waals surface area contributed by atoms with Gasteiger partial charge in [-0.15, -0.1) is 0 Å². The summed E-state index contributed by atoms with van der Waals surface area (Å²) in [7, 11) is 0. The van der Waals surface area contributed by atoms with Crippen molar-refractivity contribution in [2.24, 2.45) is 5.92 Å². The van der Waals surface area contributed by atoms with Gasteiger partial charge in [-0.05, 0) is 25.2 Å². The molecule has 0 radical (unpaired) electrons. The summed E-state index contributed by atoms with van der Waals surface area (Å²) in [6.45, 7) is 5.83. The van der Waals surface area contributed by atoms with Crippen LogP contribution >= 0.6 is 0 Å². The van der Waals surface area contributed by atoms with Crippen molar-refractivity contribution in [3.05, 3.63) is 0 Å². The van der Waals surface area contributed by atoms with Gasteiger partial charge in [0.05, 0.1) is 6.61 Å². The number of carboxylic acid groups (broad SMARTS) is 1. The Morgan fingerprint density at radius 1 is 1.32 bits per heavy atom. The Hall–Kier alpha value is -1.14. The Bertz CT molecular complexity index is 305. The molecule has 1 fully saturated rings. The number of carboxylic acids is 1. The Labute approximate surface area is 113 Å². The topological polar surface area (TPSA) is 84.9 Å². The summed E-state index contributed by atoms with van der Waals surface area (Å²) >= 11 is 0. The number of hydrogen-bond acceptors (Lipinski definition) is 4. The van der Waals surface area contributed by atoms with Gasteiger partial charge in [0.15, 0.2) is 6.10 Å². The van der Waals surface area contributed by atoms with E-state index in [9.17, 15) is 9.59 Å². The number of aliphatic carboxylic acids is 1. The van der Waals surface area contributed by atoms with Crippen LogP contribution in [-0.4, -0.2) is 48.9 Å². The zero-order valence-electron chi connectivity index (χ0n) is 11.6. The standard InChI is InChI=1S/C13H23NO5/c1-9(2)5-7-18-8-6-14-12(15)10-3-4-11(19-10)13(16)17/h9-11H,3-8H2,1-2H3,(H,14,15)(H,16,17)/t10-,11+/m0/s1. The molecule has 0 spiro atoms. The van der Waals surface area contributed by atoms with Gasteiger partial charge in [-0.1, -0.05) is 13.8 Å². The summed E-state index contributed by atoms with van der Waals surface area (Å²) in [5, 5.41) is 11.4. The van der Waals surface area contributed by atoms with Crippen LogP contribution in [0.5, 0.6) is 0 Å². The summed E-state index contributed by atoms with van der Waals surface area (Å²) in [6.07, 6.45) is 0.352. The SMILES string of the molecule is CC(C)CCOCCNC(=O)[C@@H]1CC[C@H](C(=O)O)O1. The van der Waals surface area contributed by atoms with Gasteiger partial charge in [0, 0.05) is 13.2 Å². The van der Waals surface area contributed by atoms with Crippen LogP contribution < -0.4 is 5.32 Å². The molecular formula is C13H23NO5. The molecule has 6 nitrogen and oxygen atoms in total. The highest BCUT2D eigenvalue weighted by Gasteiger charge is 2.34. The van der Waals surface area contributed by atoms with E-state index in [1.165, 1.54) is 0 Å². The molecule has 0 bridgehead atoms. The molecule has 0 aromatic carbocycles. The lowest BCUT2D eigenvalue weighted by molar-refractivity contribution is -0.151. The number of nitrogens with one attached hydrogen (secondary N) is 1. The lowest BCUT2D eigenvalue weighted by Crippen LogP contribution is -2.37. The second-order valence-corrected chi connectivity index (χ2v) is 5.11. The maximum atomic E-state index is 11.7. The summed E-state index contributed by atoms with van der Waals surface area (Å²) in [5.41, 5.74) is 0. The van der Waals surface area contributed by atoms with Crippen molar-refractivity contribution < 1.29 is 24.2 Å². The van der Waals surface area contributed by atoms with E-state index in [4.69, 9.17) is 14.6 Å². The fraction of sp³-hybridized carbons (Fsp3) is 0.846. The van der Waals surface area contributed by atoms with E-state index in [0.717, 1.165) is 6.42 Å². The van der Waals surface area contributed by atoms with Crippen molar-refractivity contribution >= 4 is 11.9 Å². The van der Waals surface area contributed by atoms with Crippen molar-refractivity contribution in [1.29, 1.82) is 0 Å². The van der Waals surface area contributed by atoms with Gasteiger partial charge in [0.25, 0.3) is 0 Å². The minimum Gasteiger partial charge on any atom is -0.479 e. The van der Waals surface area contributed by atoms with E-state index in [0.29, 0.717) is 38.5 Å². The maximum absolute atomic E-state index is 11.7. The smallest absolute Gasteiger partial charge is 0.332 e. The third-order valence-corrected chi connectivity index (χ3v) is 2.97. The highest BCUT2D eigenvalue weighted by molar-refractivity contribution is 5.82. The van der Waals surface area contributed by atoms with Gasteiger partial charge in [-0.2, -0.15) is 0 Å². The van der Waals surface area contributed by atoms with Crippen molar-refractivity contribution in [3.8, 4) is 0 Å². The first-order valence-electron chi connectivity index (χ1n) is 6.74. The first-order valence-corrected chi connectivity index (χ1v) is 6.74. The fourth-order valence-corrected chi connectivity index (χ4v) is 1.79. The maximum Gasteiger partial charge on any atom is 0.332 e. The van der Waals surface area contributed by atoms with Crippen LogP contribution in [0.3, 0.4) is 0 Å². The lowest BCUT2D eigenvalue weighted by atomic mass is 10.1. The van der Waals surface area contributed by atoms with Gasteiger partial charge in [-0.25, -0.2) is 4.79 Å². The van der Waals surface area contributed by atoms with Crippen LogP contribution in [0.25, 0.3) is 0 Å². The van der Waals surface area contributed by atoms with Crippen LogP contribution in [-0.2, 0) is 19.1 Å². The molecule has 19 heavy (non-hydrogen) atoms. The Kier molecular flexibility index (Phi) is 6.80. The van der Waals surface area contributed by atoms with E-state index in [1.54, 1.807) is 0 Å². The molecule has 0 aliphatic carbocycles. The van der Waals surface area contributed by atoms with Gasteiger partial charge < -0.3 is 19.9 Å². The predicted molar refractivity (Wildman–Crippen MR) is 68.8 cm³/mol. The summed E-state index contributed by atoms with van der Waals surface area (Å²) < 4.78 is 10.5.